The van der Waals surface area contributed by atoms with Gasteiger partial charge in [-0.05, 0) is 59.0 Å². The molecule has 4 rings (SSSR count). The molecule has 0 saturated heterocycles. The first-order valence-corrected chi connectivity index (χ1v) is 10.5. The molecule has 164 valence electrons. The van der Waals surface area contributed by atoms with Crippen molar-refractivity contribution in [2.75, 3.05) is 0 Å². The van der Waals surface area contributed by atoms with Gasteiger partial charge in [0.25, 0.3) is 0 Å². The van der Waals surface area contributed by atoms with E-state index in [0.29, 0.717) is 16.5 Å². The maximum Gasteiger partial charge on any atom is 0.573 e. The van der Waals surface area contributed by atoms with E-state index in [-0.39, 0.29) is 5.75 Å². The minimum Gasteiger partial charge on any atom is -0.406 e. The highest BCUT2D eigenvalue weighted by Gasteiger charge is 2.31. The molecule has 0 aromatic heterocycles. The minimum absolute atomic E-state index is 0.333. The molecule has 0 spiro atoms. The van der Waals surface area contributed by atoms with E-state index in [4.69, 9.17) is 0 Å². The molecule has 4 aromatic carbocycles. The maximum atomic E-state index is 15.2. The van der Waals surface area contributed by atoms with Gasteiger partial charge >= 0.3 is 6.36 Å². The van der Waals surface area contributed by atoms with Crippen molar-refractivity contribution < 1.29 is 22.3 Å². The smallest absolute Gasteiger partial charge is 0.406 e. The number of aryl methyl sites for hydroxylation is 3. The Balaban J connectivity index is 1.52. The summed E-state index contributed by atoms with van der Waals surface area (Å²) in [6.45, 7) is 2.13. The van der Waals surface area contributed by atoms with Crippen molar-refractivity contribution in [3.8, 4) is 16.9 Å². The quantitative estimate of drug-likeness (QED) is 0.278. The molecule has 32 heavy (non-hydrogen) atoms. The average Bonchev–Trinajstić information content (AvgIpc) is 2.78. The van der Waals surface area contributed by atoms with Crippen LogP contribution < -0.4 is 4.74 Å². The summed E-state index contributed by atoms with van der Waals surface area (Å²) >= 11 is 0. The molecule has 0 saturated carbocycles. The third-order valence-corrected chi connectivity index (χ3v) is 5.55. The fourth-order valence-corrected chi connectivity index (χ4v) is 3.79. The zero-order valence-electron chi connectivity index (χ0n) is 17.5. The van der Waals surface area contributed by atoms with Crippen molar-refractivity contribution in [2.24, 2.45) is 0 Å². The molecule has 0 heterocycles. The number of benzene rings is 4. The van der Waals surface area contributed by atoms with E-state index in [2.05, 4.69) is 35.9 Å². The molecule has 5 heteroatoms. The third kappa shape index (κ3) is 5.10. The molecule has 0 aliphatic heterocycles. The van der Waals surface area contributed by atoms with Crippen LogP contribution >= 0.6 is 0 Å². The van der Waals surface area contributed by atoms with Crippen LogP contribution in [0.5, 0.6) is 5.75 Å². The number of hydrogen-bond donors (Lipinski definition) is 0. The van der Waals surface area contributed by atoms with Crippen LogP contribution in [0.25, 0.3) is 21.9 Å². The van der Waals surface area contributed by atoms with Crippen LogP contribution in [-0.4, -0.2) is 6.36 Å². The maximum absolute atomic E-state index is 15.2. The molecule has 1 nitrogen and oxygen atoms in total. The Hall–Kier alpha value is -3.34. The Morgan fingerprint density at radius 1 is 0.719 bits per heavy atom. The lowest BCUT2D eigenvalue weighted by atomic mass is 9.97. The van der Waals surface area contributed by atoms with Crippen LogP contribution in [0.3, 0.4) is 0 Å². The first kappa shape index (κ1) is 21.9. The van der Waals surface area contributed by atoms with Gasteiger partial charge in [0, 0.05) is 10.9 Å². The van der Waals surface area contributed by atoms with Crippen LogP contribution in [0.4, 0.5) is 17.6 Å². The number of hydrogen-bond acceptors (Lipinski definition) is 1. The summed E-state index contributed by atoms with van der Waals surface area (Å²) in [5.41, 5.74) is 4.52. The Kier molecular flexibility index (Phi) is 6.17. The number of halogens is 4. The van der Waals surface area contributed by atoms with Crippen LogP contribution in [0.1, 0.15) is 23.6 Å². The van der Waals surface area contributed by atoms with Gasteiger partial charge in [0.15, 0.2) is 0 Å². The average molecular weight is 438 g/mol. The van der Waals surface area contributed by atoms with Gasteiger partial charge in [-0.3, -0.25) is 0 Å². The van der Waals surface area contributed by atoms with Crippen molar-refractivity contribution in [2.45, 2.75) is 32.5 Å². The zero-order chi connectivity index (χ0) is 22.7. The lowest BCUT2D eigenvalue weighted by Crippen LogP contribution is -2.16. The Labute approximate surface area is 184 Å². The summed E-state index contributed by atoms with van der Waals surface area (Å²) in [6, 6.07) is 23.0. The summed E-state index contributed by atoms with van der Waals surface area (Å²) in [4.78, 5) is 0. The molecule has 0 radical (unpaired) electrons. The summed E-state index contributed by atoms with van der Waals surface area (Å²) in [6.07, 6.45) is -1.98. The summed E-state index contributed by atoms with van der Waals surface area (Å²) in [7, 11) is 0. The van der Waals surface area contributed by atoms with E-state index in [1.807, 2.05) is 18.2 Å². The van der Waals surface area contributed by atoms with E-state index in [1.54, 1.807) is 12.1 Å². The molecule has 4 aromatic rings. The SMILES string of the molecule is CCc1ccc(CCc2ccc3c(F)c(-c4ccc(OC(F)(F)F)cc4)ccc3c2)cc1. The van der Waals surface area contributed by atoms with Crippen molar-refractivity contribution in [3.63, 3.8) is 0 Å². The van der Waals surface area contributed by atoms with Gasteiger partial charge in [0.2, 0.25) is 0 Å². The second-order valence-corrected chi connectivity index (χ2v) is 7.72. The van der Waals surface area contributed by atoms with Crippen molar-refractivity contribution >= 4 is 10.8 Å². The van der Waals surface area contributed by atoms with E-state index >= 15 is 4.39 Å². The van der Waals surface area contributed by atoms with Crippen molar-refractivity contribution in [1.82, 2.24) is 0 Å². The lowest BCUT2D eigenvalue weighted by molar-refractivity contribution is -0.274. The topological polar surface area (TPSA) is 9.23 Å². The van der Waals surface area contributed by atoms with E-state index < -0.39 is 12.2 Å². The number of fused-ring (bicyclic) bond motifs is 1. The molecule has 0 fully saturated rings. The highest BCUT2D eigenvalue weighted by atomic mass is 19.4. The predicted molar refractivity (Wildman–Crippen MR) is 119 cm³/mol. The van der Waals surface area contributed by atoms with Gasteiger partial charge in [-0.25, -0.2) is 4.39 Å². The van der Waals surface area contributed by atoms with Gasteiger partial charge in [-0.15, -0.1) is 13.2 Å². The second kappa shape index (κ2) is 9.03. The number of ether oxygens (including phenoxy) is 1. The van der Waals surface area contributed by atoms with E-state index in [1.165, 1.54) is 35.4 Å². The van der Waals surface area contributed by atoms with Crippen molar-refractivity contribution in [3.05, 3.63) is 101 Å². The Bertz CT molecular complexity index is 1210. The van der Waals surface area contributed by atoms with E-state index in [9.17, 15) is 13.2 Å². The Morgan fingerprint density at radius 3 is 2.00 bits per heavy atom. The summed E-state index contributed by atoms with van der Waals surface area (Å²) in [5.74, 6) is -0.731. The highest BCUT2D eigenvalue weighted by Crippen LogP contribution is 2.32. The molecule has 0 atom stereocenters. The van der Waals surface area contributed by atoms with E-state index in [0.717, 1.165) is 30.2 Å². The zero-order valence-corrected chi connectivity index (χ0v) is 17.5. The third-order valence-electron chi connectivity index (χ3n) is 5.55. The molecular weight excluding hydrogens is 416 g/mol. The first-order chi connectivity index (χ1) is 15.3. The summed E-state index contributed by atoms with van der Waals surface area (Å²) < 4.78 is 56.1. The highest BCUT2D eigenvalue weighted by molar-refractivity contribution is 5.88. The van der Waals surface area contributed by atoms with Gasteiger partial charge in [0.05, 0.1) is 0 Å². The molecule has 0 aliphatic carbocycles. The molecule has 0 bridgehead atoms. The van der Waals surface area contributed by atoms with Gasteiger partial charge < -0.3 is 4.74 Å². The van der Waals surface area contributed by atoms with Crippen LogP contribution in [0.15, 0.2) is 78.9 Å². The minimum atomic E-state index is -4.76. The fraction of sp³-hybridized carbons (Fsp3) is 0.185. The van der Waals surface area contributed by atoms with Gasteiger partial charge in [0.1, 0.15) is 11.6 Å². The molecule has 0 aliphatic rings. The Morgan fingerprint density at radius 2 is 1.34 bits per heavy atom. The van der Waals surface area contributed by atoms with Crippen LogP contribution in [0, 0.1) is 5.82 Å². The monoisotopic (exact) mass is 438 g/mol. The van der Waals surface area contributed by atoms with Crippen LogP contribution in [-0.2, 0) is 19.3 Å². The molecule has 0 amide bonds. The predicted octanol–water partition coefficient (Wildman–Crippen LogP) is 7.89. The fourth-order valence-electron chi connectivity index (χ4n) is 3.79. The number of alkyl halides is 3. The van der Waals surface area contributed by atoms with Gasteiger partial charge in [-0.1, -0.05) is 73.7 Å². The lowest BCUT2D eigenvalue weighted by Gasteiger charge is -2.11. The standard InChI is InChI=1S/C27H22F4O/c1-2-18-3-5-19(6-4-18)7-8-20-9-15-25-22(17-20)12-16-24(26(25)28)21-10-13-23(14-11-21)32-27(29,30)31/h3-6,9-17H,2,7-8H2,1H3. The molecule has 0 unspecified atom stereocenters. The van der Waals surface area contributed by atoms with Gasteiger partial charge in [-0.2, -0.15) is 0 Å². The second-order valence-electron chi connectivity index (χ2n) is 7.72. The molecule has 0 N–H and O–H groups in total. The normalized spacial score (nSPS) is 11.7. The van der Waals surface area contributed by atoms with Crippen molar-refractivity contribution in [1.29, 1.82) is 0 Å². The summed E-state index contributed by atoms with van der Waals surface area (Å²) in [5, 5.41) is 1.27. The number of rotatable bonds is 6. The molecular formula is C27H22F4O. The first-order valence-electron chi connectivity index (χ1n) is 10.5. The largest absolute Gasteiger partial charge is 0.573 e. The van der Waals surface area contributed by atoms with Crippen LogP contribution in [0.2, 0.25) is 0 Å².